The number of benzene rings is 1. The number of hydrogen-bond donors (Lipinski definition) is 1. The van der Waals surface area contributed by atoms with Crippen LogP contribution in [0.1, 0.15) is 0 Å². The van der Waals surface area contributed by atoms with E-state index in [0.29, 0.717) is 16.7 Å². The minimum atomic E-state index is 0.250. The Morgan fingerprint density at radius 1 is 1.25 bits per heavy atom. The molecule has 1 N–H and O–H groups in total. The Balaban J connectivity index is 0.000000386. The van der Waals surface area contributed by atoms with Crippen LogP contribution >= 0.6 is 11.6 Å². The summed E-state index contributed by atoms with van der Waals surface area (Å²) in [6, 6.07) is 7.02. The lowest BCUT2D eigenvalue weighted by molar-refractivity contribution is -0.191. The molecule has 1 aromatic heterocycles. The summed E-state index contributed by atoms with van der Waals surface area (Å²) in [5.41, 5.74) is 0. The lowest BCUT2D eigenvalue weighted by atomic mass is 10.3. The van der Waals surface area contributed by atoms with E-state index >= 15 is 0 Å². The minimum Gasteiger partial charge on any atom is -0.436 e. The lowest BCUT2D eigenvalue weighted by Crippen LogP contribution is -1.83. The maximum atomic E-state index is 8.12. The van der Waals surface area contributed by atoms with Gasteiger partial charge in [-0.3, -0.25) is 0 Å². The van der Waals surface area contributed by atoms with Crippen molar-refractivity contribution in [3.05, 3.63) is 35.5 Å². The van der Waals surface area contributed by atoms with Gasteiger partial charge in [0.25, 0.3) is 5.88 Å². The van der Waals surface area contributed by atoms with Gasteiger partial charge >= 0.3 is 6.15 Å². The first kappa shape index (κ1) is 11.9. The summed E-state index contributed by atoms with van der Waals surface area (Å²) in [5, 5.41) is 10.5. The molecule has 16 heavy (non-hydrogen) atoms. The SMILES string of the molecule is Clc1ccc(Oc2cn[nH]n2)cc1.O=C=O. The van der Waals surface area contributed by atoms with Crippen LogP contribution in [0.15, 0.2) is 30.5 Å². The Morgan fingerprint density at radius 2 is 1.88 bits per heavy atom. The van der Waals surface area contributed by atoms with Crippen molar-refractivity contribution in [2.75, 3.05) is 0 Å². The minimum absolute atomic E-state index is 0.250. The van der Waals surface area contributed by atoms with E-state index in [4.69, 9.17) is 25.9 Å². The van der Waals surface area contributed by atoms with E-state index in [1.54, 1.807) is 24.3 Å². The van der Waals surface area contributed by atoms with Crippen LogP contribution in [-0.4, -0.2) is 21.6 Å². The zero-order valence-corrected chi connectivity index (χ0v) is 8.64. The maximum absolute atomic E-state index is 8.12. The molecule has 0 aliphatic carbocycles. The standard InChI is InChI=1S/C8H6ClN3O.CO2/c9-6-1-3-7(4-2-6)13-8-5-10-12-11-8;2-1-3/h1-5H,(H,10,11,12);. The van der Waals surface area contributed by atoms with Crippen molar-refractivity contribution in [3.8, 4) is 11.6 Å². The van der Waals surface area contributed by atoms with Crippen LogP contribution in [0.3, 0.4) is 0 Å². The molecule has 6 nitrogen and oxygen atoms in total. The van der Waals surface area contributed by atoms with Crippen LogP contribution in [-0.2, 0) is 9.59 Å². The second kappa shape index (κ2) is 6.34. The third kappa shape index (κ3) is 3.91. The predicted molar refractivity (Wildman–Crippen MR) is 52.9 cm³/mol. The summed E-state index contributed by atoms with van der Waals surface area (Å²) in [6.45, 7) is 0. The summed E-state index contributed by atoms with van der Waals surface area (Å²) in [5.74, 6) is 1.11. The van der Waals surface area contributed by atoms with Gasteiger partial charge in [0.2, 0.25) is 0 Å². The number of aromatic nitrogens is 3. The molecule has 0 saturated heterocycles. The first-order valence-electron chi connectivity index (χ1n) is 4.04. The van der Waals surface area contributed by atoms with Gasteiger partial charge in [-0.15, -0.1) is 5.10 Å². The summed E-state index contributed by atoms with van der Waals surface area (Å²) in [4.78, 5) is 16.2. The van der Waals surface area contributed by atoms with E-state index in [1.807, 2.05) is 0 Å². The molecule has 0 aliphatic heterocycles. The lowest BCUT2D eigenvalue weighted by Gasteiger charge is -1.99. The van der Waals surface area contributed by atoms with Gasteiger partial charge in [0, 0.05) is 5.02 Å². The van der Waals surface area contributed by atoms with Crippen LogP contribution in [0, 0.1) is 0 Å². The highest BCUT2D eigenvalue weighted by Gasteiger charge is 1.98. The molecule has 2 aromatic rings. The molecule has 0 aliphatic rings. The first-order chi connectivity index (χ1) is 7.76. The van der Waals surface area contributed by atoms with Crippen molar-refractivity contribution in [1.29, 1.82) is 0 Å². The molecule has 1 heterocycles. The highest BCUT2D eigenvalue weighted by molar-refractivity contribution is 6.30. The third-order valence-electron chi connectivity index (χ3n) is 1.43. The maximum Gasteiger partial charge on any atom is 0.373 e. The van der Waals surface area contributed by atoms with Gasteiger partial charge < -0.3 is 4.74 Å². The van der Waals surface area contributed by atoms with Gasteiger partial charge in [-0.2, -0.15) is 19.9 Å². The number of halogens is 1. The van der Waals surface area contributed by atoms with Crippen LogP contribution in [0.4, 0.5) is 0 Å². The zero-order chi connectivity index (χ0) is 11.8. The Hall–Kier alpha value is -2.17. The molecule has 0 spiro atoms. The van der Waals surface area contributed by atoms with Gasteiger partial charge in [0.15, 0.2) is 0 Å². The number of aromatic amines is 1. The summed E-state index contributed by atoms with van der Waals surface area (Å²) < 4.78 is 5.31. The van der Waals surface area contributed by atoms with E-state index < -0.39 is 0 Å². The molecular weight excluding hydrogens is 234 g/mol. The molecule has 7 heteroatoms. The van der Waals surface area contributed by atoms with E-state index in [2.05, 4.69) is 15.4 Å². The molecule has 0 amide bonds. The summed E-state index contributed by atoms with van der Waals surface area (Å²) in [7, 11) is 0. The molecule has 0 atom stereocenters. The third-order valence-corrected chi connectivity index (χ3v) is 1.68. The normalized spacial score (nSPS) is 8.56. The quantitative estimate of drug-likeness (QED) is 0.862. The summed E-state index contributed by atoms with van der Waals surface area (Å²) in [6.07, 6.45) is 1.74. The molecular formula is C9H6ClN3O3. The van der Waals surface area contributed by atoms with Crippen LogP contribution in [0.2, 0.25) is 5.02 Å². The Labute approximate surface area is 95.2 Å². The molecule has 0 fully saturated rings. The van der Waals surface area contributed by atoms with Crippen molar-refractivity contribution in [2.24, 2.45) is 0 Å². The van der Waals surface area contributed by atoms with Gasteiger partial charge in [-0.25, -0.2) is 0 Å². The molecule has 0 unspecified atom stereocenters. The number of H-pyrrole nitrogens is 1. The smallest absolute Gasteiger partial charge is 0.373 e. The van der Waals surface area contributed by atoms with Crippen molar-refractivity contribution < 1.29 is 14.3 Å². The second-order valence-electron chi connectivity index (χ2n) is 2.45. The Kier molecular flexibility index (Phi) is 4.72. The van der Waals surface area contributed by atoms with Crippen LogP contribution in [0.25, 0.3) is 0 Å². The number of nitrogens with one attached hydrogen (secondary N) is 1. The van der Waals surface area contributed by atoms with E-state index in [9.17, 15) is 0 Å². The fourth-order valence-electron chi connectivity index (χ4n) is 0.864. The monoisotopic (exact) mass is 239 g/mol. The molecule has 1 aromatic carbocycles. The molecule has 0 saturated carbocycles. The number of carbonyl (C=O) groups excluding carboxylic acids is 2. The highest BCUT2D eigenvalue weighted by Crippen LogP contribution is 2.19. The van der Waals surface area contributed by atoms with Crippen LogP contribution < -0.4 is 4.74 Å². The van der Waals surface area contributed by atoms with Crippen molar-refractivity contribution in [2.45, 2.75) is 0 Å². The van der Waals surface area contributed by atoms with Crippen molar-refractivity contribution in [3.63, 3.8) is 0 Å². The zero-order valence-electron chi connectivity index (χ0n) is 7.88. The van der Waals surface area contributed by atoms with Crippen molar-refractivity contribution >= 4 is 17.8 Å². The topological polar surface area (TPSA) is 84.9 Å². The highest BCUT2D eigenvalue weighted by atomic mass is 35.5. The Bertz CT molecular complexity index is 449. The fraction of sp³-hybridized carbons (Fsp3) is 0. The largest absolute Gasteiger partial charge is 0.436 e. The summed E-state index contributed by atoms with van der Waals surface area (Å²) >= 11 is 5.70. The Morgan fingerprint density at radius 3 is 2.38 bits per heavy atom. The average molecular weight is 240 g/mol. The average Bonchev–Trinajstić information content (AvgIpc) is 2.75. The fourth-order valence-corrected chi connectivity index (χ4v) is 0.990. The second-order valence-corrected chi connectivity index (χ2v) is 2.88. The number of ether oxygens (including phenoxy) is 1. The van der Waals surface area contributed by atoms with Crippen LogP contribution in [0.5, 0.6) is 11.6 Å². The molecule has 0 bridgehead atoms. The van der Waals surface area contributed by atoms with E-state index in [1.165, 1.54) is 6.20 Å². The number of rotatable bonds is 2. The molecule has 0 radical (unpaired) electrons. The van der Waals surface area contributed by atoms with Crippen molar-refractivity contribution in [1.82, 2.24) is 15.4 Å². The van der Waals surface area contributed by atoms with E-state index in [0.717, 1.165) is 0 Å². The molecule has 82 valence electrons. The van der Waals surface area contributed by atoms with Gasteiger partial charge in [0.05, 0.1) is 0 Å². The molecule has 2 rings (SSSR count). The van der Waals surface area contributed by atoms with Gasteiger partial charge in [-0.1, -0.05) is 11.6 Å². The van der Waals surface area contributed by atoms with Gasteiger partial charge in [0.1, 0.15) is 11.9 Å². The van der Waals surface area contributed by atoms with Gasteiger partial charge in [-0.05, 0) is 24.3 Å². The number of hydrogen-bond acceptors (Lipinski definition) is 5. The predicted octanol–water partition coefficient (Wildman–Crippen LogP) is 1.67. The number of nitrogens with zero attached hydrogens (tertiary/aromatic N) is 2. The van der Waals surface area contributed by atoms with E-state index in [-0.39, 0.29) is 6.15 Å². The first-order valence-corrected chi connectivity index (χ1v) is 4.42.